The molecular formula is C9H18N4O3S2. The Hall–Kier alpha value is -0.900. The molecule has 0 atom stereocenters. The summed E-state index contributed by atoms with van der Waals surface area (Å²) in [6.45, 7) is 3.34. The van der Waals surface area contributed by atoms with Gasteiger partial charge in [-0.1, -0.05) is 0 Å². The molecule has 0 aliphatic carbocycles. The van der Waals surface area contributed by atoms with Gasteiger partial charge in [-0.3, -0.25) is 0 Å². The Bertz CT molecular complexity index is 522. The predicted molar refractivity (Wildman–Crippen MR) is 72.2 cm³/mol. The third kappa shape index (κ3) is 2.91. The van der Waals surface area contributed by atoms with Gasteiger partial charge < -0.3 is 16.2 Å². The number of nitrogens with two attached hydrogens (primary N) is 1. The van der Waals surface area contributed by atoms with Crippen molar-refractivity contribution < 1.29 is 13.5 Å². The lowest BCUT2D eigenvalue weighted by Gasteiger charge is -2.24. The van der Waals surface area contributed by atoms with Gasteiger partial charge >= 0.3 is 0 Å². The number of nitrogens with zero attached hydrogens (tertiary/aromatic N) is 2. The zero-order valence-corrected chi connectivity index (χ0v) is 12.4. The molecule has 0 radical (unpaired) electrons. The normalized spacial score (nSPS) is 13.0. The second-order valence-electron chi connectivity index (χ2n) is 4.68. The van der Waals surface area contributed by atoms with Gasteiger partial charge in [0.1, 0.15) is 5.00 Å². The Morgan fingerprint density at radius 2 is 2.06 bits per heavy atom. The number of aromatic nitrogens is 1. The Kier molecular flexibility index (Phi) is 4.21. The van der Waals surface area contributed by atoms with E-state index in [4.69, 9.17) is 5.73 Å². The highest BCUT2D eigenvalue weighted by Crippen LogP contribution is 2.34. The molecule has 0 bridgehead atoms. The lowest BCUT2D eigenvalue weighted by Crippen LogP contribution is -2.35. The van der Waals surface area contributed by atoms with Crippen molar-refractivity contribution in [2.45, 2.75) is 24.3 Å². The summed E-state index contributed by atoms with van der Waals surface area (Å²) in [5.41, 5.74) is 4.96. The summed E-state index contributed by atoms with van der Waals surface area (Å²) in [4.78, 5) is -0.0426. The number of anilines is 2. The number of aliphatic hydroxyl groups is 1. The van der Waals surface area contributed by atoms with Crippen molar-refractivity contribution in [1.29, 1.82) is 0 Å². The molecule has 4 N–H and O–H groups in total. The molecule has 0 aliphatic heterocycles. The second kappa shape index (κ2) is 5.00. The van der Waals surface area contributed by atoms with Crippen LogP contribution in [0.5, 0.6) is 0 Å². The highest BCUT2D eigenvalue weighted by atomic mass is 32.2. The van der Waals surface area contributed by atoms with E-state index < -0.39 is 15.6 Å². The highest BCUT2D eigenvalue weighted by Gasteiger charge is 2.30. The predicted octanol–water partition coefficient (Wildman–Crippen LogP) is 0.158. The van der Waals surface area contributed by atoms with Crippen LogP contribution in [-0.2, 0) is 10.0 Å². The summed E-state index contributed by atoms with van der Waals surface area (Å²) < 4.78 is 29.2. The van der Waals surface area contributed by atoms with Crippen LogP contribution in [0.25, 0.3) is 0 Å². The first-order valence-electron chi connectivity index (χ1n) is 5.18. The number of hydrogen-bond donors (Lipinski definition) is 3. The van der Waals surface area contributed by atoms with Gasteiger partial charge in [0.2, 0.25) is 10.0 Å². The van der Waals surface area contributed by atoms with Crippen LogP contribution >= 0.6 is 11.5 Å². The molecule has 1 heterocycles. The molecule has 7 nitrogen and oxygen atoms in total. The van der Waals surface area contributed by atoms with Crippen molar-refractivity contribution in [1.82, 2.24) is 8.68 Å². The van der Waals surface area contributed by atoms with Gasteiger partial charge in [0.25, 0.3) is 0 Å². The first-order chi connectivity index (χ1) is 8.12. The molecule has 0 unspecified atom stereocenters. The van der Waals surface area contributed by atoms with E-state index in [1.54, 1.807) is 13.8 Å². The Labute approximate surface area is 111 Å². The molecular weight excluding hydrogens is 276 g/mol. The summed E-state index contributed by atoms with van der Waals surface area (Å²) in [7, 11) is -0.815. The number of aliphatic hydroxyl groups excluding tert-OH is 1. The fourth-order valence-corrected chi connectivity index (χ4v) is 3.39. The van der Waals surface area contributed by atoms with Gasteiger partial charge in [0.15, 0.2) is 10.7 Å². The van der Waals surface area contributed by atoms with E-state index in [-0.39, 0.29) is 17.3 Å². The van der Waals surface area contributed by atoms with E-state index in [0.717, 1.165) is 15.8 Å². The maximum atomic E-state index is 12.1. The van der Waals surface area contributed by atoms with E-state index in [2.05, 4.69) is 9.69 Å². The maximum Gasteiger partial charge on any atom is 0.249 e. The molecule has 9 heteroatoms. The SMILES string of the molecule is CN(C)S(=O)(=O)c1c(N)nsc1NC(C)(C)CO. The van der Waals surface area contributed by atoms with Crippen molar-refractivity contribution in [2.24, 2.45) is 0 Å². The number of rotatable bonds is 5. The number of hydrogen-bond acceptors (Lipinski definition) is 7. The van der Waals surface area contributed by atoms with Gasteiger partial charge in [0, 0.05) is 14.1 Å². The van der Waals surface area contributed by atoms with Crippen LogP contribution in [0.4, 0.5) is 10.8 Å². The molecule has 0 amide bonds. The van der Waals surface area contributed by atoms with E-state index >= 15 is 0 Å². The number of nitrogen functional groups attached to an aromatic ring is 1. The van der Waals surface area contributed by atoms with Gasteiger partial charge in [0.05, 0.1) is 12.1 Å². The molecule has 104 valence electrons. The lowest BCUT2D eigenvalue weighted by atomic mass is 10.1. The van der Waals surface area contributed by atoms with Gasteiger partial charge in [-0.2, -0.15) is 4.37 Å². The average Bonchev–Trinajstić information content (AvgIpc) is 2.59. The quantitative estimate of drug-likeness (QED) is 0.714. The summed E-state index contributed by atoms with van der Waals surface area (Å²) in [5.74, 6) is -0.0371. The molecule has 0 aromatic carbocycles. The van der Waals surface area contributed by atoms with Crippen LogP contribution in [0.2, 0.25) is 0 Å². The summed E-state index contributed by atoms with van der Waals surface area (Å²) in [5, 5.41) is 12.5. The molecule has 1 rings (SSSR count). The third-order valence-corrected chi connectivity index (χ3v) is 5.06. The van der Waals surface area contributed by atoms with Crippen molar-refractivity contribution in [3.63, 3.8) is 0 Å². The zero-order valence-electron chi connectivity index (χ0n) is 10.8. The second-order valence-corrected chi connectivity index (χ2v) is 7.54. The maximum absolute atomic E-state index is 12.1. The van der Waals surface area contributed by atoms with E-state index in [1.165, 1.54) is 14.1 Å². The van der Waals surface area contributed by atoms with E-state index in [0.29, 0.717) is 5.00 Å². The first kappa shape index (κ1) is 15.2. The van der Waals surface area contributed by atoms with Crippen molar-refractivity contribution in [3.05, 3.63) is 0 Å². The van der Waals surface area contributed by atoms with E-state index in [1.807, 2.05) is 0 Å². The molecule has 18 heavy (non-hydrogen) atoms. The van der Waals surface area contributed by atoms with Gasteiger partial charge in [-0.15, -0.1) is 0 Å². The summed E-state index contributed by atoms with van der Waals surface area (Å²) in [6, 6.07) is 0. The van der Waals surface area contributed by atoms with Gasteiger partial charge in [-0.25, -0.2) is 12.7 Å². The van der Waals surface area contributed by atoms with Crippen LogP contribution in [-0.4, -0.2) is 48.4 Å². The topological polar surface area (TPSA) is 109 Å². The minimum atomic E-state index is -3.66. The highest BCUT2D eigenvalue weighted by molar-refractivity contribution is 7.89. The molecule has 1 aromatic heterocycles. The smallest absolute Gasteiger partial charge is 0.249 e. The first-order valence-corrected chi connectivity index (χ1v) is 7.40. The molecule has 0 aliphatic rings. The zero-order chi connectivity index (χ0) is 14.1. The largest absolute Gasteiger partial charge is 0.394 e. The standard InChI is InChI=1S/C9H18N4O3S2/c1-9(2,5-14)11-8-6(7(10)12-17-8)18(15,16)13(3)4/h11,14H,5H2,1-4H3,(H2,10,12). The Morgan fingerprint density at radius 1 is 1.50 bits per heavy atom. The number of nitrogens with one attached hydrogen (secondary N) is 1. The fraction of sp³-hybridized carbons (Fsp3) is 0.667. The lowest BCUT2D eigenvalue weighted by molar-refractivity contribution is 0.234. The van der Waals surface area contributed by atoms with Crippen LogP contribution < -0.4 is 11.1 Å². The molecule has 0 saturated carbocycles. The van der Waals surface area contributed by atoms with Crippen LogP contribution in [0, 0.1) is 0 Å². The number of sulfonamides is 1. The minimum absolute atomic E-state index is 0.0371. The molecule has 0 saturated heterocycles. The average molecular weight is 294 g/mol. The molecule has 0 spiro atoms. The van der Waals surface area contributed by atoms with Crippen LogP contribution in [0.15, 0.2) is 4.90 Å². The summed E-state index contributed by atoms with van der Waals surface area (Å²) >= 11 is 0.960. The van der Waals surface area contributed by atoms with E-state index in [9.17, 15) is 13.5 Å². The van der Waals surface area contributed by atoms with Crippen LogP contribution in [0.1, 0.15) is 13.8 Å². The Morgan fingerprint density at radius 3 is 2.50 bits per heavy atom. The van der Waals surface area contributed by atoms with Gasteiger partial charge in [-0.05, 0) is 25.4 Å². The van der Waals surface area contributed by atoms with Crippen molar-refractivity contribution >= 4 is 32.4 Å². The van der Waals surface area contributed by atoms with Crippen LogP contribution in [0.3, 0.4) is 0 Å². The molecule has 0 fully saturated rings. The molecule has 1 aromatic rings. The van der Waals surface area contributed by atoms with Crippen molar-refractivity contribution in [2.75, 3.05) is 31.8 Å². The fourth-order valence-electron chi connectivity index (χ4n) is 1.15. The monoisotopic (exact) mass is 294 g/mol. The Balaban J connectivity index is 3.27. The third-order valence-electron chi connectivity index (χ3n) is 2.26. The minimum Gasteiger partial charge on any atom is -0.394 e. The van der Waals surface area contributed by atoms with Crippen molar-refractivity contribution in [3.8, 4) is 0 Å². The summed E-state index contributed by atoms with van der Waals surface area (Å²) in [6.07, 6.45) is 0.